The molecule has 2 N–H and O–H groups in total. The molecule has 1 saturated heterocycles. The van der Waals surface area contributed by atoms with Crippen LogP contribution in [0.1, 0.15) is 28.9 Å². The smallest absolute Gasteiger partial charge is 0.273 e. The molecule has 33 heavy (non-hydrogen) atoms. The monoisotopic (exact) mass is 466 g/mol. The van der Waals surface area contributed by atoms with E-state index < -0.39 is 4.92 Å². The van der Waals surface area contributed by atoms with Crippen molar-refractivity contribution >= 4 is 39.7 Å². The molecule has 0 radical (unpaired) electrons. The molecule has 3 aromatic rings. The van der Waals surface area contributed by atoms with E-state index in [0.29, 0.717) is 36.1 Å². The number of carbonyl (C=O) groups excluding carboxylic acids is 2. The zero-order valence-corrected chi connectivity index (χ0v) is 18.5. The van der Waals surface area contributed by atoms with E-state index >= 15 is 0 Å². The van der Waals surface area contributed by atoms with Gasteiger partial charge in [-0.1, -0.05) is 0 Å². The van der Waals surface area contributed by atoms with Crippen LogP contribution in [0.5, 0.6) is 0 Å². The summed E-state index contributed by atoms with van der Waals surface area (Å²) in [5.74, 6) is -0.543. The molecule has 10 nitrogen and oxygen atoms in total. The summed E-state index contributed by atoms with van der Waals surface area (Å²) in [6, 6.07) is 9.66. The number of nitro benzene ring substituents is 1. The number of hydrogen-bond donors (Lipinski definition) is 2. The van der Waals surface area contributed by atoms with Crippen molar-refractivity contribution in [2.24, 2.45) is 5.92 Å². The van der Waals surface area contributed by atoms with Gasteiger partial charge in [0.1, 0.15) is 5.69 Å². The Bertz CT molecular complexity index is 1140. The van der Waals surface area contributed by atoms with Gasteiger partial charge in [0.05, 0.1) is 10.8 Å². The fraction of sp³-hybridized carbons (Fsp3) is 0.273. The second-order valence-corrected chi connectivity index (χ2v) is 8.49. The highest BCUT2D eigenvalue weighted by atomic mass is 32.1. The van der Waals surface area contributed by atoms with Crippen molar-refractivity contribution in [3.8, 4) is 0 Å². The topological polar surface area (TPSA) is 130 Å². The summed E-state index contributed by atoms with van der Waals surface area (Å²) in [6.45, 7) is 1.36. The summed E-state index contributed by atoms with van der Waals surface area (Å²) in [5.41, 5.74) is 1.91. The maximum absolute atomic E-state index is 13.0. The summed E-state index contributed by atoms with van der Waals surface area (Å²) in [5, 5.41) is 18.9. The number of piperidine rings is 1. The summed E-state index contributed by atoms with van der Waals surface area (Å²) in [6.07, 6.45) is 4.84. The molecule has 170 valence electrons. The lowest BCUT2D eigenvalue weighted by Gasteiger charge is -2.31. The molecule has 1 unspecified atom stereocenters. The number of aromatic nitrogens is 2. The highest BCUT2D eigenvalue weighted by molar-refractivity contribution is 7.14. The van der Waals surface area contributed by atoms with E-state index in [-0.39, 0.29) is 23.4 Å². The Morgan fingerprint density at radius 3 is 2.67 bits per heavy atom. The number of amides is 2. The van der Waals surface area contributed by atoms with E-state index in [1.54, 1.807) is 34.8 Å². The zero-order chi connectivity index (χ0) is 23.2. The Balaban J connectivity index is 1.33. The molecular weight excluding hydrogens is 444 g/mol. The van der Waals surface area contributed by atoms with Gasteiger partial charge in [-0.25, -0.2) is 4.98 Å². The van der Waals surface area contributed by atoms with Gasteiger partial charge in [0, 0.05) is 55.2 Å². The first kappa shape index (κ1) is 22.3. The summed E-state index contributed by atoms with van der Waals surface area (Å²) < 4.78 is 0. The van der Waals surface area contributed by atoms with E-state index in [1.807, 2.05) is 12.1 Å². The molecule has 3 heterocycles. The highest BCUT2D eigenvalue weighted by Gasteiger charge is 2.29. The van der Waals surface area contributed by atoms with Crippen LogP contribution in [-0.2, 0) is 11.3 Å². The number of carbonyl (C=O) groups is 2. The molecule has 2 aromatic heterocycles. The standard InChI is InChI=1S/C22H22N6O4S/c29-20(24-12-15-7-9-23-10-8-15)16-2-1-11-27(13-16)21(30)19-14-33-22(26-19)25-17-3-5-18(6-4-17)28(31)32/h3-10,14,16H,1-2,11-13H2,(H,24,29)(H,25,26). The van der Waals surface area contributed by atoms with Crippen LogP contribution in [0.2, 0.25) is 0 Å². The van der Waals surface area contributed by atoms with E-state index in [1.165, 1.54) is 23.5 Å². The van der Waals surface area contributed by atoms with Crippen LogP contribution < -0.4 is 10.6 Å². The molecule has 1 atom stereocenters. The van der Waals surface area contributed by atoms with Crippen LogP contribution in [0.4, 0.5) is 16.5 Å². The van der Waals surface area contributed by atoms with Gasteiger partial charge in [0.15, 0.2) is 5.13 Å². The van der Waals surface area contributed by atoms with Crippen LogP contribution in [0, 0.1) is 16.0 Å². The lowest BCUT2D eigenvalue weighted by Crippen LogP contribution is -2.45. The van der Waals surface area contributed by atoms with Gasteiger partial charge in [-0.15, -0.1) is 11.3 Å². The maximum Gasteiger partial charge on any atom is 0.273 e. The van der Waals surface area contributed by atoms with Gasteiger partial charge in [0.25, 0.3) is 11.6 Å². The molecule has 1 aliphatic rings. The Hall–Kier alpha value is -3.86. The van der Waals surface area contributed by atoms with Crippen LogP contribution in [0.15, 0.2) is 54.2 Å². The molecule has 4 rings (SSSR count). The van der Waals surface area contributed by atoms with E-state index in [2.05, 4.69) is 20.6 Å². The van der Waals surface area contributed by atoms with Gasteiger partial charge in [-0.2, -0.15) is 0 Å². The predicted octanol–water partition coefficient (Wildman–Crippen LogP) is 3.36. The fourth-order valence-corrected chi connectivity index (χ4v) is 4.30. The zero-order valence-electron chi connectivity index (χ0n) is 17.6. The van der Waals surface area contributed by atoms with Crippen molar-refractivity contribution in [1.82, 2.24) is 20.2 Å². The summed E-state index contributed by atoms with van der Waals surface area (Å²) in [7, 11) is 0. The van der Waals surface area contributed by atoms with Gasteiger partial charge in [-0.05, 0) is 42.7 Å². The van der Waals surface area contributed by atoms with Gasteiger partial charge in [-0.3, -0.25) is 24.7 Å². The van der Waals surface area contributed by atoms with Gasteiger partial charge >= 0.3 is 0 Å². The minimum atomic E-state index is -0.463. The second kappa shape index (κ2) is 10.2. The van der Waals surface area contributed by atoms with Crippen molar-refractivity contribution in [1.29, 1.82) is 0 Å². The Morgan fingerprint density at radius 2 is 1.94 bits per heavy atom. The second-order valence-electron chi connectivity index (χ2n) is 7.63. The predicted molar refractivity (Wildman–Crippen MR) is 123 cm³/mol. The Kier molecular flexibility index (Phi) is 6.89. The number of hydrogen-bond acceptors (Lipinski definition) is 8. The molecule has 0 spiro atoms. The van der Waals surface area contributed by atoms with Gasteiger partial charge in [0.2, 0.25) is 5.91 Å². The largest absolute Gasteiger partial charge is 0.352 e. The highest BCUT2D eigenvalue weighted by Crippen LogP contribution is 2.25. The van der Waals surface area contributed by atoms with Crippen LogP contribution in [0.25, 0.3) is 0 Å². The number of pyridine rings is 1. The Labute approximate surface area is 193 Å². The number of rotatable bonds is 7. The number of non-ortho nitro benzene ring substituents is 1. The molecule has 2 amide bonds. The number of nitrogens with one attached hydrogen (secondary N) is 2. The minimum absolute atomic E-state index is 0.0000204. The van der Waals surface area contributed by atoms with Crippen LogP contribution in [0.3, 0.4) is 0 Å². The van der Waals surface area contributed by atoms with Crippen molar-refractivity contribution in [3.63, 3.8) is 0 Å². The number of likely N-dealkylation sites (tertiary alicyclic amines) is 1. The molecular formula is C22H22N6O4S. The fourth-order valence-electron chi connectivity index (χ4n) is 3.59. The molecule has 1 fully saturated rings. The molecule has 1 aliphatic heterocycles. The van der Waals surface area contributed by atoms with Crippen LogP contribution >= 0.6 is 11.3 Å². The molecule has 11 heteroatoms. The third kappa shape index (κ3) is 5.69. The number of thiazole rings is 1. The van der Waals surface area contributed by atoms with Crippen molar-refractivity contribution in [3.05, 3.63) is 75.5 Å². The SMILES string of the molecule is O=C(NCc1ccncc1)C1CCCN(C(=O)c2csc(Nc3ccc([N+](=O)[O-])cc3)n2)C1. The third-order valence-electron chi connectivity index (χ3n) is 5.35. The molecule has 0 aliphatic carbocycles. The van der Waals surface area contributed by atoms with Crippen molar-refractivity contribution in [2.75, 3.05) is 18.4 Å². The van der Waals surface area contributed by atoms with E-state index in [4.69, 9.17) is 0 Å². The Morgan fingerprint density at radius 1 is 1.18 bits per heavy atom. The first-order valence-corrected chi connectivity index (χ1v) is 11.3. The first-order chi connectivity index (χ1) is 16.0. The normalized spacial score (nSPS) is 15.6. The summed E-state index contributed by atoms with van der Waals surface area (Å²) >= 11 is 1.27. The summed E-state index contributed by atoms with van der Waals surface area (Å²) in [4.78, 5) is 45.9. The van der Waals surface area contributed by atoms with E-state index in [0.717, 1.165) is 18.4 Å². The first-order valence-electron chi connectivity index (χ1n) is 10.4. The molecule has 0 saturated carbocycles. The third-order valence-corrected chi connectivity index (χ3v) is 6.11. The average Bonchev–Trinajstić information content (AvgIpc) is 3.31. The van der Waals surface area contributed by atoms with Gasteiger partial charge < -0.3 is 15.5 Å². The lowest BCUT2D eigenvalue weighted by molar-refractivity contribution is -0.384. The molecule has 0 bridgehead atoms. The maximum atomic E-state index is 13.0. The van der Waals surface area contributed by atoms with Crippen molar-refractivity contribution in [2.45, 2.75) is 19.4 Å². The van der Waals surface area contributed by atoms with Crippen molar-refractivity contribution < 1.29 is 14.5 Å². The lowest BCUT2D eigenvalue weighted by atomic mass is 9.97. The number of benzene rings is 1. The van der Waals surface area contributed by atoms with Crippen LogP contribution in [-0.4, -0.2) is 44.7 Å². The quantitative estimate of drug-likeness (QED) is 0.403. The molecule has 1 aromatic carbocycles. The average molecular weight is 467 g/mol. The number of nitro groups is 1. The number of nitrogens with zero attached hydrogens (tertiary/aromatic N) is 4. The minimum Gasteiger partial charge on any atom is -0.352 e. The van der Waals surface area contributed by atoms with E-state index in [9.17, 15) is 19.7 Å². The number of anilines is 2.